The zero-order valence-corrected chi connectivity index (χ0v) is 22.4. The average Bonchev–Trinajstić information content (AvgIpc) is 3.24. The molecular weight excluding hydrogens is 507 g/mol. The molecular formula is C31H36F3NO4. The maximum absolute atomic E-state index is 13.6. The molecule has 0 aliphatic heterocycles. The Morgan fingerprint density at radius 1 is 1.05 bits per heavy atom. The number of rotatable bonds is 6. The van der Waals surface area contributed by atoms with Crippen LogP contribution in [0.4, 0.5) is 13.2 Å². The van der Waals surface area contributed by atoms with E-state index >= 15 is 0 Å². The number of carbonyl (C=O) groups is 3. The Morgan fingerprint density at radius 3 is 2.44 bits per heavy atom. The number of hydrogen-bond donors (Lipinski definition) is 2. The summed E-state index contributed by atoms with van der Waals surface area (Å²) in [4.78, 5) is 37.5. The highest BCUT2D eigenvalue weighted by Gasteiger charge is 2.60. The Kier molecular flexibility index (Phi) is 7.04. The van der Waals surface area contributed by atoms with Crippen LogP contribution in [-0.2, 0) is 20.8 Å². The quantitative estimate of drug-likeness (QED) is 0.458. The van der Waals surface area contributed by atoms with Crippen LogP contribution in [0, 0.1) is 34.5 Å². The Morgan fingerprint density at radius 2 is 1.77 bits per heavy atom. The van der Waals surface area contributed by atoms with Crippen LogP contribution < -0.4 is 5.32 Å². The van der Waals surface area contributed by atoms with E-state index in [0.717, 1.165) is 37.7 Å². The number of carboxylic acids is 1. The van der Waals surface area contributed by atoms with Gasteiger partial charge in [0.25, 0.3) is 5.78 Å². The summed E-state index contributed by atoms with van der Waals surface area (Å²) in [5.74, 6) is -2.73. The number of carbonyl (C=O) groups excluding carboxylic acids is 2. The molecule has 210 valence electrons. The summed E-state index contributed by atoms with van der Waals surface area (Å²) in [5.41, 5.74) is 1.65. The lowest BCUT2D eigenvalue weighted by molar-refractivity contribution is -0.174. The molecule has 7 atom stereocenters. The normalized spacial score (nSPS) is 34.5. The Bertz CT molecular complexity index is 1220. The van der Waals surface area contributed by atoms with Crippen LogP contribution in [0.2, 0.25) is 0 Å². The highest BCUT2D eigenvalue weighted by molar-refractivity contribution is 5.93. The van der Waals surface area contributed by atoms with Gasteiger partial charge in [-0.3, -0.25) is 9.59 Å². The summed E-state index contributed by atoms with van der Waals surface area (Å²) in [5, 5.41) is 12.0. The van der Waals surface area contributed by atoms with Gasteiger partial charge in [0.05, 0.1) is 0 Å². The number of nitrogens with one attached hydrogen (secondary N) is 1. The van der Waals surface area contributed by atoms with Gasteiger partial charge in [-0.1, -0.05) is 50.3 Å². The molecule has 39 heavy (non-hydrogen) atoms. The second kappa shape index (κ2) is 9.93. The number of Topliss-reactive ketones (excluding diaryl/α,β-unsaturated/α-hetero) is 1. The van der Waals surface area contributed by atoms with E-state index in [0.29, 0.717) is 35.8 Å². The first-order valence-electron chi connectivity index (χ1n) is 13.9. The van der Waals surface area contributed by atoms with Crippen molar-refractivity contribution in [2.24, 2.45) is 34.5 Å². The standard InChI is InChI=1S/C31H36F3NO4/c1-29-14-12-19(28(38)39)17-20(29)8-9-21-22-10-11-24(30(22,2)15-13-23(21)29)27(37)35-25(26(36)31(32,33)34)16-18-6-4-3-5-7-18/h3-8,17,21-25H,9-16H2,1-2H3,(H,35,37)(H,38,39)/t21-,22-,23-,24+,25?,29-,30-/m0/s1. The minimum absolute atomic E-state index is 0.108. The van der Waals surface area contributed by atoms with Gasteiger partial charge >= 0.3 is 12.1 Å². The van der Waals surface area contributed by atoms with Crippen molar-refractivity contribution in [2.45, 2.75) is 77.4 Å². The number of ketones is 1. The molecule has 1 aromatic rings. The van der Waals surface area contributed by atoms with Gasteiger partial charge in [0.15, 0.2) is 0 Å². The van der Waals surface area contributed by atoms with E-state index < -0.39 is 35.8 Å². The zero-order chi connectivity index (χ0) is 28.2. The molecule has 5 rings (SSSR count). The second-order valence-corrected chi connectivity index (χ2v) is 12.5. The molecule has 0 heterocycles. The van der Waals surface area contributed by atoms with Gasteiger partial charge in [-0.25, -0.2) is 4.79 Å². The number of carboxylic acid groups (broad SMARTS) is 1. The first kappa shape index (κ1) is 27.7. The highest BCUT2D eigenvalue weighted by atomic mass is 19.4. The molecule has 8 heteroatoms. The predicted octanol–water partition coefficient (Wildman–Crippen LogP) is 6.05. The summed E-state index contributed by atoms with van der Waals surface area (Å²) < 4.78 is 40.4. The fourth-order valence-electron chi connectivity index (χ4n) is 8.45. The number of hydrogen-bond acceptors (Lipinski definition) is 3. The molecule has 2 fully saturated rings. The fraction of sp³-hybridized carbons (Fsp3) is 0.581. The van der Waals surface area contributed by atoms with E-state index in [2.05, 4.69) is 25.2 Å². The van der Waals surface area contributed by atoms with Crippen molar-refractivity contribution in [2.75, 3.05) is 0 Å². The van der Waals surface area contributed by atoms with Gasteiger partial charge in [-0.15, -0.1) is 0 Å². The molecule has 4 aliphatic carbocycles. The predicted molar refractivity (Wildman–Crippen MR) is 139 cm³/mol. The number of halogens is 3. The number of fused-ring (bicyclic) bond motifs is 5. The maximum Gasteiger partial charge on any atom is 0.452 e. The minimum atomic E-state index is -5.04. The van der Waals surface area contributed by atoms with Crippen molar-refractivity contribution >= 4 is 17.7 Å². The molecule has 0 radical (unpaired) electrons. The second-order valence-electron chi connectivity index (χ2n) is 12.5. The smallest absolute Gasteiger partial charge is 0.452 e. The number of benzene rings is 1. The van der Waals surface area contributed by atoms with Crippen molar-refractivity contribution in [1.82, 2.24) is 5.32 Å². The van der Waals surface area contributed by atoms with Crippen LogP contribution in [0.5, 0.6) is 0 Å². The third-order valence-electron chi connectivity index (χ3n) is 10.6. The lowest BCUT2D eigenvalue weighted by Crippen LogP contribution is -2.54. The Balaban J connectivity index is 1.35. The molecule has 0 spiro atoms. The Hall–Kier alpha value is -2.90. The van der Waals surface area contributed by atoms with Crippen molar-refractivity contribution in [3.8, 4) is 0 Å². The summed E-state index contributed by atoms with van der Waals surface area (Å²) in [7, 11) is 0. The zero-order valence-electron chi connectivity index (χ0n) is 22.4. The van der Waals surface area contributed by atoms with Crippen LogP contribution in [0.25, 0.3) is 0 Å². The van der Waals surface area contributed by atoms with E-state index in [1.807, 2.05) is 6.08 Å². The minimum Gasteiger partial charge on any atom is -0.478 e. The highest BCUT2D eigenvalue weighted by Crippen LogP contribution is 2.66. The summed E-state index contributed by atoms with van der Waals surface area (Å²) in [6.07, 6.45) is 4.01. The van der Waals surface area contributed by atoms with Crippen LogP contribution in [-0.4, -0.2) is 35.0 Å². The average molecular weight is 544 g/mol. The van der Waals surface area contributed by atoms with E-state index in [-0.39, 0.29) is 23.2 Å². The maximum atomic E-state index is 13.6. The molecule has 1 aromatic carbocycles. The van der Waals surface area contributed by atoms with Crippen molar-refractivity contribution in [3.05, 3.63) is 59.2 Å². The van der Waals surface area contributed by atoms with Gasteiger partial charge in [-0.2, -0.15) is 13.2 Å². The molecule has 5 nitrogen and oxygen atoms in total. The van der Waals surface area contributed by atoms with Crippen LogP contribution in [0.3, 0.4) is 0 Å². The Labute approximate surface area is 226 Å². The number of alkyl halides is 3. The van der Waals surface area contributed by atoms with Crippen molar-refractivity contribution in [1.29, 1.82) is 0 Å². The van der Waals surface area contributed by atoms with E-state index in [1.165, 1.54) is 0 Å². The molecule has 4 aliphatic rings. The first-order valence-corrected chi connectivity index (χ1v) is 13.9. The van der Waals surface area contributed by atoms with Gasteiger partial charge in [0, 0.05) is 17.9 Å². The molecule has 0 aromatic heterocycles. The van der Waals surface area contributed by atoms with Gasteiger partial charge in [0.1, 0.15) is 6.04 Å². The fourth-order valence-corrected chi connectivity index (χ4v) is 8.45. The molecule has 0 bridgehead atoms. The van der Waals surface area contributed by atoms with E-state index in [4.69, 9.17) is 0 Å². The lowest BCUT2D eigenvalue weighted by atomic mass is 9.48. The first-order chi connectivity index (χ1) is 18.3. The van der Waals surface area contributed by atoms with Crippen LogP contribution in [0.15, 0.2) is 53.6 Å². The summed E-state index contributed by atoms with van der Waals surface area (Å²) in [6.45, 7) is 4.34. The summed E-state index contributed by atoms with van der Waals surface area (Å²) in [6, 6.07) is 6.79. The molecule has 2 N–H and O–H groups in total. The topological polar surface area (TPSA) is 83.5 Å². The molecule has 2 saturated carbocycles. The summed E-state index contributed by atoms with van der Waals surface area (Å²) >= 11 is 0. The SMILES string of the molecule is C[C@]12CC[C@H]3[C@@H](CC=C4C=C(C(=O)O)CC[C@@]43C)[C@@H]1CC[C@@H]2C(=O)NC(Cc1ccccc1)C(=O)C(F)(F)F. The van der Waals surface area contributed by atoms with Gasteiger partial charge in [0.2, 0.25) is 5.91 Å². The third kappa shape index (κ3) is 4.84. The number of aliphatic carboxylic acids is 1. The molecule has 1 amide bonds. The monoisotopic (exact) mass is 543 g/mol. The largest absolute Gasteiger partial charge is 0.478 e. The third-order valence-corrected chi connectivity index (χ3v) is 10.6. The van der Waals surface area contributed by atoms with Crippen molar-refractivity contribution < 1.29 is 32.7 Å². The number of amides is 1. The molecule has 0 saturated heterocycles. The van der Waals surface area contributed by atoms with Crippen molar-refractivity contribution in [3.63, 3.8) is 0 Å². The van der Waals surface area contributed by atoms with Gasteiger partial charge < -0.3 is 10.4 Å². The lowest BCUT2D eigenvalue weighted by Gasteiger charge is -2.57. The van der Waals surface area contributed by atoms with Crippen LogP contribution >= 0.6 is 0 Å². The number of allylic oxidation sites excluding steroid dienone is 3. The van der Waals surface area contributed by atoms with E-state index in [9.17, 15) is 32.7 Å². The van der Waals surface area contributed by atoms with E-state index in [1.54, 1.807) is 30.3 Å². The van der Waals surface area contributed by atoms with Crippen LogP contribution in [0.1, 0.15) is 64.4 Å². The molecule has 1 unspecified atom stereocenters. The van der Waals surface area contributed by atoms with Gasteiger partial charge in [-0.05, 0) is 90.7 Å².